The second-order valence-electron chi connectivity index (χ2n) is 5.80. The van der Waals surface area contributed by atoms with Crippen LogP contribution in [-0.2, 0) is 13.0 Å². The molecule has 26 heavy (non-hydrogen) atoms. The van der Waals surface area contributed by atoms with Crippen molar-refractivity contribution in [3.05, 3.63) is 87.4 Å². The van der Waals surface area contributed by atoms with Gasteiger partial charge in [-0.05, 0) is 29.7 Å². The molecule has 1 amide bonds. The van der Waals surface area contributed by atoms with Gasteiger partial charge >= 0.3 is 0 Å². The van der Waals surface area contributed by atoms with Crippen LogP contribution in [0.15, 0.2) is 53.9 Å². The molecule has 1 atom stereocenters. The summed E-state index contributed by atoms with van der Waals surface area (Å²) in [7, 11) is 0. The molecule has 0 fully saturated rings. The van der Waals surface area contributed by atoms with E-state index in [0.717, 1.165) is 17.7 Å². The summed E-state index contributed by atoms with van der Waals surface area (Å²) in [5.41, 5.74) is 8.00. The molecule has 2 aromatic carbocycles. The number of hydrogen-bond acceptors (Lipinski definition) is 4. The normalized spacial score (nSPS) is 12.0. The van der Waals surface area contributed by atoms with E-state index in [2.05, 4.69) is 10.3 Å². The lowest BCUT2D eigenvalue weighted by Gasteiger charge is -2.08. The zero-order chi connectivity index (χ0) is 18.5. The van der Waals surface area contributed by atoms with Crippen LogP contribution in [0.3, 0.4) is 0 Å². The van der Waals surface area contributed by atoms with Crippen LogP contribution in [-0.4, -0.2) is 10.9 Å². The van der Waals surface area contributed by atoms with Crippen LogP contribution < -0.4 is 11.1 Å². The molecule has 3 N–H and O–H groups in total. The molecule has 3 aromatic rings. The molecule has 0 aliphatic heterocycles. The summed E-state index contributed by atoms with van der Waals surface area (Å²) < 4.78 is 26.1. The van der Waals surface area contributed by atoms with Gasteiger partial charge in [0.2, 0.25) is 0 Å². The maximum Gasteiger partial charge on any atom is 0.271 e. The Labute approximate surface area is 153 Å². The maximum absolute atomic E-state index is 13.2. The minimum atomic E-state index is -0.945. The number of nitrogens with one attached hydrogen (secondary N) is 1. The summed E-state index contributed by atoms with van der Waals surface area (Å²) in [5, 5.41) is 4.95. The smallest absolute Gasteiger partial charge is 0.271 e. The Hall–Kier alpha value is -2.64. The Kier molecular flexibility index (Phi) is 5.70. The van der Waals surface area contributed by atoms with Gasteiger partial charge in [0.15, 0.2) is 11.6 Å². The number of rotatable bonds is 6. The van der Waals surface area contributed by atoms with Crippen molar-refractivity contribution in [3.63, 3.8) is 0 Å². The molecule has 1 aromatic heterocycles. The first kappa shape index (κ1) is 18.2. The van der Waals surface area contributed by atoms with Gasteiger partial charge in [-0.25, -0.2) is 13.8 Å². The van der Waals surface area contributed by atoms with Crippen molar-refractivity contribution in [3.8, 4) is 0 Å². The zero-order valence-corrected chi connectivity index (χ0v) is 14.6. The molecule has 0 bridgehead atoms. The molecule has 0 saturated carbocycles. The fraction of sp³-hybridized carbons (Fsp3) is 0.158. The van der Waals surface area contributed by atoms with Gasteiger partial charge in [0.25, 0.3) is 5.91 Å². The molecular weight excluding hydrogens is 356 g/mol. The third-order valence-electron chi connectivity index (χ3n) is 3.81. The lowest BCUT2D eigenvalue weighted by atomic mass is 10.1. The molecule has 134 valence electrons. The fourth-order valence-electron chi connectivity index (χ4n) is 2.44. The highest BCUT2D eigenvalue weighted by Gasteiger charge is 2.16. The molecule has 0 aliphatic carbocycles. The number of aromatic nitrogens is 1. The quantitative estimate of drug-likeness (QED) is 0.694. The Balaban J connectivity index is 1.59. The van der Waals surface area contributed by atoms with E-state index < -0.39 is 11.6 Å². The molecule has 1 unspecified atom stereocenters. The van der Waals surface area contributed by atoms with E-state index in [0.29, 0.717) is 17.0 Å². The summed E-state index contributed by atoms with van der Waals surface area (Å²) in [6, 6.07) is 13.0. The monoisotopic (exact) mass is 373 g/mol. The van der Waals surface area contributed by atoms with Crippen molar-refractivity contribution in [2.75, 3.05) is 0 Å². The van der Waals surface area contributed by atoms with Gasteiger partial charge < -0.3 is 11.1 Å². The number of nitrogens with zero attached hydrogens (tertiary/aromatic N) is 1. The minimum absolute atomic E-state index is 0.0823. The van der Waals surface area contributed by atoms with Gasteiger partial charge in [-0.3, -0.25) is 4.79 Å². The number of carbonyl (C=O) groups excluding carboxylic acids is 1. The molecule has 0 radical (unpaired) electrons. The summed E-state index contributed by atoms with van der Waals surface area (Å²) >= 11 is 1.32. The number of thiazole rings is 1. The van der Waals surface area contributed by atoms with E-state index in [-0.39, 0.29) is 24.2 Å². The average molecular weight is 373 g/mol. The van der Waals surface area contributed by atoms with Crippen LogP contribution in [0.4, 0.5) is 8.78 Å². The van der Waals surface area contributed by atoms with Gasteiger partial charge in [0.1, 0.15) is 10.7 Å². The number of hydrogen-bond donors (Lipinski definition) is 2. The second kappa shape index (κ2) is 8.16. The van der Waals surface area contributed by atoms with Crippen molar-refractivity contribution in [1.82, 2.24) is 10.3 Å². The van der Waals surface area contributed by atoms with Gasteiger partial charge in [-0.1, -0.05) is 36.4 Å². The number of amides is 1. The molecule has 4 nitrogen and oxygen atoms in total. The van der Waals surface area contributed by atoms with Crippen LogP contribution in [0.25, 0.3) is 0 Å². The number of carbonyl (C=O) groups is 1. The first-order chi connectivity index (χ1) is 12.5. The van der Waals surface area contributed by atoms with Crippen molar-refractivity contribution in [2.24, 2.45) is 5.73 Å². The van der Waals surface area contributed by atoms with E-state index in [1.165, 1.54) is 17.4 Å². The van der Waals surface area contributed by atoms with Gasteiger partial charge in [0.05, 0.1) is 6.04 Å². The minimum Gasteiger partial charge on any atom is -0.347 e. The van der Waals surface area contributed by atoms with Gasteiger partial charge in [0, 0.05) is 11.9 Å². The predicted molar refractivity (Wildman–Crippen MR) is 96.7 cm³/mol. The first-order valence-electron chi connectivity index (χ1n) is 8.00. The topological polar surface area (TPSA) is 68.0 Å². The molecular formula is C19H17F2N3OS. The molecule has 7 heteroatoms. The molecule has 0 spiro atoms. The number of benzene rings is 2. The van der Waals surface area contributed by atoms with Crippen LogP contribution in [0, 0.1) is 11.6 Å². The molecule has 1 heterocycles. The Morgan fingerprint density at radius 2 is 1.88 bits per heavy atom. The summed E-state index contributed by atoms with van der Waals surface area (Å²) in [5.74, 6) is -2.25. The highest BCUT2D eigenvalue weighted by atomic mass is 32.1. The summed E-state index contributed by atoms with van der Waals surface area (Å²) in [4.78, 5) is 16.5. The van der Waals surface area contributed by atoms with Crippen LogP contribution in [0.1, 0.15) is 32.7 Å². The van der Waals surface area contributed by atoms with Crippen molar-refractivity contribution in [2.45, 2.75) is 19.0 Å². The highest BCUT2D eigenvalue weighted by Crippen LogP contribution is 2.20. The fourth-order valence-corrected chi connectivity index (χ4v) is 3.24. The number of halogens is 2. The average Bonchev–Trinajstić information content (AvgIpc) is 3.14. The lowest BCUT2D eigenvalue weighted by Crippen LogP contribution is -2.23. The van der Waals surface area contributed by atoms with E-state index in [1.54, 1.807) is 5.38 Å². The highest BCUT2D eigenvalue weighted by molar-refractivity contribution is 7.09. The van der Waals surface area contributed by atoms with Crippen LogP contribution >= 0.6 is 11.3 Å². The Bertz CT molecular complexity index is 899. The van der Waals surface area contributed by atoms with Crippen LogP contribution in [0.2, 0.25) is 0 Å². The number of nitrogens with two attached hydrogens (primary N) is 1. The van der Waals surface area contributed by atoms with E-state index in [9.17, 15) is 13.6 Å². The molecule has 0 aliphatic rings. The molecule has 3 rings (SSSR count). The third-order valence-corrected chi connectivity index (χ3v) is 4.78. The second-order valence-corrected chi connectivity index (χ2v) is 6.69. The third kappa shape index (κ3) is 4.50. The zero-order valence-electron chi connectivity index (χ0n) is 13.8. The van der Waals surface area contributed by atoms with Gasteiger partial charge in [-0.15, -0.1) is 11.3 Å². The summed E-state index contributed by atoms with van der Waals surface area (Å²) in [6.07, 6.45) is 0.629. The van der Waals surface area contributed by atoms with E-state index in [4.69, 9.17) is 5.73 Å². The maximum atomic E-state index is 13.2. The standard InChI is InChI=1S/C19H17F2N3OS/c20-14-7-6-13(8-15(14)21)10-23-18(25)17-11-26-19(24-17)16(22)9-12-4-2-1-3-5-12/h1-8,11,16H,9-10,22H2,(H,23,25). The predicted octanol–water partition coefficient (Wildman–Crippen LogP) is 3.59. The first-order valence-corrected chi connectivity index (χ1v) is 8.88. The van der Waals surface area contributed by atoms with Crippen molar-refractivity contribution >= 4 is 17.2 Å². The van der Waals surface area contributed by atoms with E-state index in [1.807, 2.05) is 30.3 Å². The van der Waals surface area contributed by atoms with Gasteiger partial charge in [-0.2, -0.15) is 0 Å². The SMILES string of the molecule is NC(Cc1ccccc1)c1nc(C(=O)NCc2ccc(F)c(F)c2)cs1. The van der Waals surface area contributed by atoms with E-state index >= 15 is 0 Å². The Morgan fingerprint density at radius 1 is 1.12 bits per heavy atom. The Morgan fingerprint density at radius 3 is 2.62 bits per heavy atom. The summed E-state index contributed by atoms with van der Waals surface area (Å²) in [6.45, 7) is 0.0823. The van der Waals surface area contributed by atoms with Crippen molar-refractivity contribution < 1.29 is 13.6 Å². The largest absolute Gasteiger partial charge is 0.347 e. The lowest BCUT2D eigenvalue weighted by molar-refractivity contribution is 0.0946. The molecule has 0 saturated heterocycles. The van der Waals surface area contributed by atoms with Crippen molar-refractivity contribution in [1.29, 1.82) is 0 Å². The van der Waals surface area contributed by atoms with Crippen LogP contribution in [0.5, 0.6) is 0 Å².